The molecule has 218 valence electrons. The summed E-state index contributed by atoms with van der Waals surface area (Å²) in [6, 6.07) is 7.08. The predicted molar refractivity (Wildman–Crippen MR) is 160 cm³/mol. The molecule has 8 nitrogen and oxygen atoms in total. The minimum Gasteiger partial charge on any atom is -0.465 e. The third kappa shape index (κ3) is 5.07. The average molecular weight is 570 g/mol. The summed E-state index contributed by atoms with van der Waals surface area (Å²) in [5, 5.41) is 9.84. The number of allylic oxidation sites excluding steroid dienone is 1. The van der Waals surface area contributed by atoms with Gasteiger partial charge in [0.2, 0.25) is 5.91 Å². The first kappa shape index (κ1) is 30.2. The zero-order chi connectivity index (χ0) is 29.0. The normalized spacial score (nSPS) is 28.4. The first-order chi connectivity index (χ1) is 19.3. The first-order valence-corrected chi connectivity index (χ1v) is 15.3. The molecule has 40 heavy (non-hydrogen) atoms. The van der Waals surface area contributed by atoms with Gasteiger partial charge in [-0.25, -0.2) is 0 Å². The summed E-state index contributed by atoms with van der Waals surface area (Å²) in [6.45, 7) is 16.0. The number of hydrogen-bond donors (Lipinski definition) is 1. The maximum absolute atomic E-state index is 14.5. The van der Waals surface area contributed by atoms with Crippen LogP contribution in [0.15, 0.2) is 49.6 Å². The Bertz CT molecular complexity index is 1110. The summed E-state index contributed by atoms with van der Waals surface area (Å²) in [6.07, 6.45) is 5.63. The smallest absolute Gasteiger partial charge is 0.310 e. The van der Waals surface area contributed by atoms with Crippen molar-refractivity contribution in [3.63, 3.8) is 0 Å². The van der Waals surface area contributed by atoms with Gasteiger partial charge in [0.1, 0.15) is 6.04 Å². The summed E-state index contributed by atoms with van der Waals surface area (Å²) in [5.41, 5.74) is 1.80. The number of esters is 1. The molecule has 1 aromatic rings. The number of likely N-dealkylation sites (tertiary alicyclic amines) is 1. The lowest BCUT2D eigenvalue weighted by Crippen LogP contribution is -2.57. The van der Waals surface area contributed by atoms with Gasteiger partial charge in [0.05, 0.1) is 29.8 Å². The Balaban J connectivity index is 1.69. The summed E-state index contributed by atoms with van der Waals surface area (Å²) >= 11 is 1.61. The van der Waals surface area contributed by atoms with Crippen molar-refractivity contribution < 1.29 is 24.2 Å². The number of hydrogen-bond acceptors (Lipinski definition) is 7. The molecule has 3 aliphatic rings. The molecule has 9 heteroatoms. The molecule has 0 radical (unpaired) electrons. The number of benzene rings is 1. The highest BCUT2D eigenvalue weighted by Crippen LogP contribution is 2.68. The van der Waals surface area contributed by atoms with Crippen LogP contribution in [-0.4, -0.2) is 83.2 Å². The van der Waals surface area contributed by atoms with Crippen molar-refractivity contribution in [3.05, 3.63) is 49.6 Å². The summed E-state index contributed by atoms with van der Waals surface area (Å²) < 4.78 is 4.87. The van der Waals surface area contributed by atoms with Crippen LogP contribution in [0, 0.1) is 17.8 Å². The monoisotopic (exact) mass is 569 g/mol. The van der Waals surface area contributed by atoms with Crippen LogP contribution in [0.1, 0.15) is 40.0 Å². The van der Waals surface area contributed by atoms with Crippen molar-refractivity contribution in [1.82, 2.24) is 4.90 Å². The first-order valence-electron chi connectivity index (χ1n) is 14.4. The second-order valence-electron chi connectivity index (χ2n) is 10.8. The van der Waals surface area contributed by atoms with Crippen molar-refractivity contribution in [2.75, 3.05) is 49.2 Å². The third-order valence-electron chi connectivity index (χ3n) is 8.76. The lowest BCUT2D eigenvalue weighted by atomic mass is 9.66. The van der Waals surface area contributed by atoms with Crippen molar-refractivity contribution in [2.45, 2.75) is 56.1 Å². The minimum absolute atomic E-state index is 0.0366. The molecule has 6 atom stereocenters. The van der Waals surface area contributed by atoms with Crippen LogP contribution < -0.4 is 9.80 Å². The summed E-state index contributed by atoms with van der Waals surface area (Å²) in [7, 11) is 0. The Labute approximate surface area is 242 Å². The Morgan fingerprint density at radius 3 is 2.45 bits per heavy atom. The van der Waals surface area contributed by atoms with Gasteiger partial charge >= 0.3 is 5.97 Å². The molecule has 0 aromatic heterocycles. The van der Waals surface area contributed by atoms with E-state index in [0.717, 1.165) is 37.3 Å². The maximum atomic E-state index is 14.5. The fraction of sp³-hybridized carbons (Fsp3) is 0.581. The molecule has 3 unspecified atom stereocenters. The molecule has 3 fully saturated rings. The van der Waals surface area contributed by atoms with Gasteiger partial charge in [-0.2, -0.15) is 0 Å². The number of unbranched alkanes of at least 4 members (excludes halogenated alkanes) is 1. The van der Waals surface area contributed by atoms with Gasteiger partial charge in [0, 0.05) is 42.8 Å². The van der Waals surface area contributed by atoms with Gasteiger partial charge in [-0.1, -0.05) is 19.1 Å². The summed E-state index contributed by atoms with van der Waals surface area (Å²) in [5.74, 6) is -2.03. The third-order valence-corrected chi connectivity index (χ3v) is 10.8. The van der Waals surface area contributed by atoms with Crippen molar-refractivity contribution in [3.8, 4) is 0 Å². The van der Waals surface area contributed by atoms with Crippen LogP contribution in [0.4, 0.5) is 11.4 Å². The van der Waals surface area contributed by atoms with Gasteiger partial charge in [-0.15, -0.1) is 24.9 Å². The van der Waals surface area contributed by atoms with Crippen LogP contribution >= 0.6 is 11.8 Å². The van der Waals surface area contributed by atoms with E-state index in [1.54, 1.807) is 28.8 Å². The fourth-order valence-corrected chi connectivity index (χ4v) is 9.35. The Morgan fingerprint density at radius 1 is 1.18 bits per heavy atom. The Kier molecular flexibility index (Phi) is 9.67. The Hall–Kier alpha value is -2.78. The number of fused-ring (bicyclic) bond motifs is 1. The number of nitrogens with zero attached hydrogens (tertiary/aromatic N) is 3. The number of carbonyl (C=O) groups is 3. The molecule has 0 aliphatic carbocycles. The number of ether oxygens (including phenoxy) is 1. The molecular formula is C31H43N3O5S. The van der Waals surface area contributed by atoms with E-state index in [0.29, 0.717) is 6.42 Å². The molecule has 4 rings (SSSR count). The van der Waals surface area contributed by atoms with Gasteiger partial charge in [0.25, 0.3) is 5.91 Å². The predicted octanol–water partition coefficient (Wildman–Crippen LogP) is 3.89. The zero-order valence-electron chi connectivity index (χ0n) is 24.0. The van der Waals surface area contributed by atoms with Gasteiger partial charge in [-0.3, -0.25) is 14.4 Å². The van der Waals surface area contributed by atoms with Crippen molar-refractivity contribution >= 4 is 40.9 Å². The second-order valence-corrected chi connectivity index (χ2v) is 12.4. The fourth-order valence-electron chi connectivity index (χ4n) is 6.94. The van der Waals surface area contributed by atoms with E-state index >= 15 is 0 Å². The molecule has 1 aromatic carbocycles. The number of aliphatic hydroxyl groups excluding tert-OH is 1. The highest BCUT2D eigenvalue weighted by Gasteiger charge is 2.76. The highest BCUT2D eigenvalue weighted by molar-refractivity contribution is 8.02. The van der Waals surface area contributed by atoms with Crippen molar-refractivity contribution in [2.24, 2.45) is 17.8 Å². The second kappa shape index (κ2) is 12.8. The van der Waals surface area contributed by atoms with Gasteiger partial charge in [-0.05, 0) is 63.3 Å². The van der Waals surface area contributed by atoms with E-state index in [9.17, 15) is 19.5 Å². The van der Waals surface area contributed by atoms with Gasteiger partial charge < -0.3 is 24.5 Å². The van der Waals surface area contributed by atoms with Gasteiger partial charge in [0.15, 0.2) is 0 Å². The lowest BCUT2D eigenvalue weighted by molar-refractivity contribution is -0.154. The topological polar surface area (TPSA) is 90.4 Å². The van der Waals surface area contributed by atoms with E-state index < -0.39 is 22.6 Å². The minimum atomic E-state index is -0.803. The van der Waals surface area contributed by atoms with Crippen molar-refractivity contribution in [1.29, 1.82) is 0 Å². The lowest BCUT2D eigenvalue weighted by Gasteiger charge is -2.40. The number of anilines is 2. The average Bonchev–Trinajstić information content (AvgIpc) is 3.54. The molecule has 1 N–H and O–H groups in total. The molecule has 3 heterocycles. The largest absolute Gasteiger partial charge is 0.465 e. The van der Waals surface area contributed by atoms with E-state index in [4.69, 9.17) is 4.74 Å². The van der Waals surface area contributed by atoms with Crippen LogP contribution in [-0.2, 0) is 19.1 Å². The number of amides is 2. The number of carbonyl (C=O) groups excluding carboxylic acids is 3. The molecular weight excluding hydrogens is 526 g/mol. The van der Waals surface area contributed by atoms with E-state index in [2.05, 4.69) is 38.8 Å². The number of aliphatic hydroxyl groups is 1. The Morgan fingerprint density at radius 2 is 1.85 bits per heavy atom. The van der Waals surface area contributed by atoms with Crippen LogP contribution in [0.25, 0.3) is 0 Å². The highest BCUT2D eigenvalue weighted by atomic mass is 32.2. The SMILES string of the molecule is C=CCCCOC(=O)[C@@H]1[C@@H]2CC(C)C3(S2)C(C(=O)N(CC=C)c2ccc(N(CC)CC)cc2)N(CCO)C(=O)[C@H]13. The maximum Gasteiger partial charge on any atom is 0.310 e. The van der Waals surface area contributed by atoms with Crippen LogP contribution in [0.3, 0.4) is 0 Å². The zero-order valence-corrected chi connectivity index (χ0v) is 24.8. The van der Waals surface area contributed by atoms with E-state index in [-0.39, 0.29) is 55.3 Å². The molecule has 1 spiro atoms. The van der Waals surface area contributed by atoms with E-state index in [1.165, 1.54) is 4.90 Å². The van der Waals surface area contributed by atoms with Crippen LogP contribution in [0.5, 0.6) is 0 Å². The molecule has 0 saturated carbocycles. The molecule has 3 saturated heterocycles. The molecule has 2 bridgehead atoms. The van der Waals surface area contributed by atoms with Crippen LogP contribution in [0.2, 0.25) is 0 Å². The molecule has 2 amide bonds. The number of thioether (sulfide) groups is 1. The standard InChI is InChI=1S/C31H43N3O5S/c1-6-10-11-19-39-30(38)25-24-20-21(5)31(40-24)26(25)28(36)34(17-18-35)27(31)29(37)33(16-7-2)23-14-12-22(13-15-23)32(8-3)9-4/h6-7,12-15,21,24-27,35H,1-2,8-11,16-20H2,3-5H3/t21?,24-,25+,26-,27?,31?/m0/s1. The quantitative estimate of drug-likeness (QED) is 0.207. The number of β-amino-alcohol motifs (C(OH)–C–C–N with tert-alkyl or cyclic N) is 1. The molecule has 3 aliphatic heterocycles. The number of rotatable bonds is 14. The summed E-state index contributed by atoms with van der Waals surface area (Å²) in [4.78, 5) is 47.3. The van der Waals surface area contributed by atoms with E-state index in [1.807, 2.05) is 24.3 Å².